The minimum Gasteiger partial charge on any atom is -0.493 e. The van der Waals surface area contributed by atoms with Gasteiger partial charge in [-0.3, -0.25) is 14.9 Å². The van der Waals surface area contributed by atoms with E-state index in [1.807, 2.05) is 24.3 Å². The first kappa shape index (κ1) is 17.8. The molecule has 7 nitrogen and oxygen atoms in total. The van der Waals surface area contributed by atoms with Crippen LogP contribution in [0.25, 0.3) is 10.2 Å². The lowest BCUT2D eigenvalue weighted by atomic mass is 10.2. The summed E-state index contributed by atoms with van der Waals surface area (Å²) in [6, 6.07) is 12.2. The van der Waals surface area contributed by atoms with Gasteiger partial charge in [-0.2, -0.15) is 0 Å². The van der Waals surface area contributed by atoms with Crippen molar-refractivity contribution in [3.05, 3.63) is 58.1 Å². The Morgan fingerprint density at radius 3 is 2.73 bits per heavy atom. The average molecular weight is 371 g/mol. The number of thiazole rings is 1. The fraction of sp³-hybridized carbons (Fsp3) is 0.222. The lowest BCUT2D eigenvalue weighted by molar-refractivity contribution is -0.384. The fourth-order valence-corrected chi connectivity index (χ4v) is 3.26. The third kappa shape index (κ3) is 4.34. The number of anilines is 1. The number of benzene rings is 2. The first-order valence-corrected chi connectivity index (χ1v) is 8.93. The zero-order chi connectivity index (χ0) is 18.5. The van der Waals surface area contributed by atoms with Crippen LogP contribution >= 0.6 is 11.3 Å². The maximum Gasteiger partial charge on any atom is 0.270 e. The molecule has 134 valence electrons. The van der Waals surface area contributed by atoms with Gasteiger partial charge in [0.15, 0.2) is 5.13 Å². The van der Waals surface area contributed by atoms with Crippen LogP contribution in [-0.4, -0.2) is 22.4 Å². The molecule has 0 radical (unpaired) electrons. The monoisotopic (exact) mass is 371 g/mol. The van der Waals surface area contributed by atoms with E-state index in [2.05, 4.69) is 17.2 Å². The van der Waals surface area contributed by atoms with Crippen LogP contribution in [0.2, 0.25) is 0 Å². The number of ether oxygens (including phenoxy) is 1. The predicted molar refractivity (Wildman–Crippen MR) is 101 cm³/mol. The number of hydrogen-bond acceptors (Lipinski definition) is 6. The van der Waals surface area contributed by atoms with E-state index in [0.717, 1.165) is 12.2 Å². The number of aryl methyl sites for hydroxylation is 1. The van der Waals surface area contributed by atoms with Crippen LogP contribution < -0.4 is 10.1 Å². The quantitative estimate of drug-likeness (QED) is 0.497. The summed E-state index contributed by atoms with van der Waals surface area (Å²) in [6.45, 7) is 2.34. The number of nitrogens with one attached hydrogen (secondary N) is 1. The molecule has 0 aliphatic carbocycles. The molecule has 0 bridgehead atoms. The van der Waals surface area contributed by atoms with Gasteiger partial charge in [-0.1, -0.05) is 30.4 Å². The molecule has 0 fully saturated rings. The lowest BCUT2D eigenvalue weighted by Crippen LogP contribution is -2.15. The van der Waals surface area contributed by atoms with E-state index in [1.165, 1.54) is 29.0 Å². The lowest BCUT2D eigenvalue weighted by Gasteiger charge is -2.06. The van der Waals surface area contributed by atoms with Gasteiger partial charge in [0.05, 0.1) is 28.2 Å². The molecule has 0 saturated heterocycles. The average Bonchev–Trinajstić information content (AvgIpc) is 3.03. The summed E-state index contributed by atoms with van der Waals surface area (Å²) in [6.07, 6.45) is 1.15. The second-order valence-corrected chi connectivity index (χ2v) is 6.60. The first-order valence-electron chi connectivity index (χ1n) is 8.11. The molecule has 1 amide bonds. The van der Waals surface area contributed by atoms with Gasteiger partial charge in [0, 0.05) is 12.1 Å². The van der Waals surface area contributed by atoms with Crippen LogP contribution in [0.15, 0.2) is 42.5 Å². The fourth-order valence-electron chi connectivity index (χ4n) is 2.35. The van der Waals surface area contributed by atoms with E-state index in [9.17, 15) is 14.9 Å². The maximum absolute atomic E-state index is 12.0. The molecule has 0 spiro atoms. The van der Waals surface area contributed by atoms with Gasteiger partial charge >= 0.3 is 0 Å². The Morgan fingerprint density at radius 1 is 1.27 bits per heavy atom. The molecule has 0 aliphatic rings. The molecule has 0 unspecified atom stereocenters. The van der Waals surface area contributed by atoms with E-state index in [1.54, 1.807) is 6.07 Å². The normalized spacial score (nSPS) is 10.7. The molecule has 26 heavy (non-hydrogen) atoms. The second kappa shape index (κ2) is 7.92. The van der Waals surface area contributed by atoms with Crippen LogP contribution in [0, 0.1) is 10.1 Å². The van der Waals surface area contributed by atoms with Crippen molar-refractivity contribution in [1.82, 2.24) is 4.98 Å². The van der Waals surface area contributed by atoms with Gasteiger partial charge in [-0.15, -0.1) is 0 Å². The highest BCUT2D eigenvalue weighted by atomic mass is 32.1. The number of amides is 1. The van der Waals surface area contributed by atoms with Crippen molar-refractivity contribution in [3.63, 3.8) is 0 Å². The SMILES string of the molecule is CCc1ccc(OCCC(=O)Nc2nc3ccc([N+](=O)[O-])cc3s2)cc1. The standard InChI is InChI=1S/C18H17N3O4S/c1-2-12-3-6-14(7-4-12)25-10-9-17(22)20-18-19-15-8-5-13(21(23)24)11-16(15)26-18/h3-8,11H,2,9-10H2,1H3,(H,19,20,22). The van der Waals surface area contributed by atoms with E-state index in [4.69, 9.17) is 4.74 Å². The number of carbonyl (C=O) groups excluding carboxylic acids is 1. The van der Waals surface area contributed by atoms with Crippen molar-refractivity contribution in [2.45, 2.75) is 19.8 Å². The van der Waals surface area contributed by atoms with Crippen molar-refractivity contribution < 1.29 is 14.5 Å². The number of nitro benzene ring substituents is 1. The minimum absolute atomic E-state index is 0.00141. The number of rotatable bonds is 7. The van der Waals surface area contributed by atoms with Crippen molar-refractivity contribution in [3.8, 4) is 5.75 Å². The van der Waals surface area contributed by atoms with Gasteiger partial charge in [0.25, 0.3) is 5.69 Å². The summed E-state index contributed by atoms with van der Waals surface area (Å²) in [5.41, 5.74) is 1.84. The van der Waals surface area contributed by atoms with Gasteiger partial charge in [0.1, 0.15) is 5.75 Å². The number of aromatic nitrogens is 1. The summed E-state index contributed by atoms with van der Waals surface area (Å²) >= 11 is 1.20. The van der Waals surface area contributed by atoms with Crippen molar-refractivity contribution in [2.75, 3.05) is 11.9 Å². The summed E-state index contributed by atoms with van der Waals surface area (Å²) in [5.74, 6) is 0.506. The molecule has 0 aliphatic heterocycles. The van der Waals surface area contributed by atoms with E-state index in [0.29, 0.717) is 15.3 Å². The Morgan fingerprint density at radius 2 is 2.04 bits per heavy atom. The summed E-state index contributed by atoms with van der Waals surface area (Å²) in [5, 5.41) is 13.9. The summed E-state index contributed by atoms with van der Waals surface area (Å²) in [4.78, 5) is 26.6. The molecular formula is C18H17N3O4S. The highest BCUT2D eigenvalue weighted by molar-refractivity contribution is 7.22. The van der Waals surface area contributed by atoms with Crippen LogP contribution in [0.1, 0.15) is 18.9 Å². The molecular weight excluding hydrogens is 354 g/mol. The Bertz CT molecular complexity index is 937. The molecule has 2 aromatic carbocycles. The predicted octanol–water partition coefficient (Wildman–Crippen LogP) is 4.17. The molecule has 3 rings (SSSR count). The van der Waals surface area contributed by atoms with E-state index < -0.39 is 4.92 Å². The van der Waals surface area contributed by atoms with Gasteiger partial charge in [-0.05, 0) is 30.2 Å². The molecule has 1 heterocycles. The second-order valence-electron chi connectivity index (χ2n) is 5.57. The molecule has 3 aromatic rings. The number of nitro groups is 1. The molecule has 8 heteroatoms. The number of carbonyl (C=O) groups is 1. The van der Waals surface area contributed by atoms with Crippen molar-refractivity contribution in [1.29, 1.82) is 0 Å². The number of nitrogens with zero attached hydrogens (tertiary/aromatic N) is 2. The Balaban J connectivity index is 1.54. The Hall–Kier alpha value is -3.00. The first-order chi connectivity index (χ1) is 12.5. The van der Waals surface area contributed by atoms with Crippen molar-refractivity contribution >= 4 is 38.3 Å². The van der Waals surface area contributed by atoms with Crippen LogP contribution in [0.4, 0.5) is 10.8 Å². The zero-order valence-electron chi connectivity index (χ0n) is 14.1. The van der Waals surface area contributed by atoms with Crippen LogP contribution in [-0.2, 0) is 11.2 Å². The summed E-state index contributed by atoms with van der Waals surface area (Å²) in [7, 11) is 0. The molecule has 1 N–H and O–H groups in total. The Kier molecular flexibility index (Phi) is 5.43. The van der Waals surface area contributed by atoms with E-state index >= 15 is 0 Å². The minimum atomic E-state index is -0.457. The maximum atomic E-state index is 12.0. The highest BCUT2D eigenvalue weighted by Gasteiger charge is 2.12. The van der Waals surface area contributed by atoms with E-state index in [-0.39, 0.29) is 24.6 Å². The smallest absolute Gasteiger partial charge is 0.270 e. The van der Waals surface area contributed by atoms with Crippen LogP contribution in [0.5, 0.6) is 5.75 Å². The zero-order valence-corrected chi connectivity index (χ0v) is 14.9. The van der Waals surface area contributed by atoms with Gasteiger partial charge in [0.2, 0.25) is 5.91 Å². The Labute approximate surface area is 153 Å². The molecule has 1 aromatic heterocycles. The topological polar surface area (TPSA) is 94.4 Å². The number of fused-ring (bicyclic) bond motifs is 1. The van der Waals surface area contributed by atoms with Crippen molar-refractivity contribution in [2.24, 2.45) is 0 Å². The number of non-ortho nitro benzene ring substituents is 1. The highest BCUT2D eigenvalue weighted by Crippen LogP contribution is 2.29. The van der Waals surface area contributed by atoms with Gasteiger partial charge < -0.3 is 10.1 Å². The van der Waals surface area contributed by atoms with Crippen LogP contribution in [0.3, 0.4) is 0 Å². The number of hydrogen-bond donors (Lipinski definition) is 1. The molecule has 0 atom stereocenters. The third-order valence-electron chi connectivity index (χ3n) is 3.76. The summed E-state index contributed by atoms with van der Waals surface area (Å²) < 4.78 is 6.22. The third-order valence-corrected chi connectivity index (χ3v) is 4.69. The largest absolute Gasteiger partial charge is 0.493 e. The molecule has 0 saturated carbocycles. The van der Waals surface area contributed by atoms with Gasteiger partial charge in [-0.25, -0.2) is 4.98 Å².